The van der Waals surface area contributed by atoms with Crippen molar-refractivity contribution in [2.45, 2.75) is 115 Å². The summed E-state index contributed by atoms with van der Waals surface area (Å²) in [5, 5.41) is 13.0. The second kappa shape index (κ2) is 16.4. The third kappa shape index (κ3) is 8.66. The number of carbonyl (C=O) groups excluding carboxylic acids is 1. The van der Waals surface area contributed by atoms with Gasteiger partial charge in [-0.05, 0) is 105 Å². The lowest BCUT2D eigenvalue weighted by Crippen LogP contribution is -2.69. The number of ketones is 1. The van der Waals surface area contributed by atoms with Crippen molar-refractivity contribution in [3.05, 3.63) is 93.3 Å². The number of halogens is 2. The van der Waals surface area contributed by atoms with E-state index in [-0.39, 0.29) is 32.7 Å². The van der Waals surface area contributed by atoms with Gasteiger partial charge >= 0.3 is 0 Å². The van der Waals surface area contributed by atoms with Crippen molar-refractivity contribution in [2.24, 2.45) is 22.2 Å². The van der Waals surface area contributed by atoms with Crippen LogP contribution >= 0.6 is 0 Å². The Morgan fingerprint density at radius 3 is 2.48 bits per heavy atom. The highest BCUT2D eigenvalue weighted by Crippen LogP contribution is 2.81. The molecule has 0 atom stereocenters. The summed E-state index contributed by atoms with van der Waals surface area (Å²) >= 11 is 0. The summed E-state index contributed by atoms with van der Waals surface area (Å²) < 4.78 is 63.0. The number of sulfone groups is 1. The molecule has 4 saturated carbocycles. The monoisotopic (exact) mass is 883 g/mol. The zero-order valence-corrected chi connectivity index (χ0v) is 37.5. The van der Waals surface area contributed by atoms with Crippen molar-refractivity contribution in [1.82, 2.24) is 14.9 Å². The molecule has 14 heteroatoms. The number of hydrogen-bond acceptors (Lipinski definition) is 9. The van der Waals surface area contributed by atoms with Gasteiger partial charge in [0.05, 0.1) is 21.6 Å². The molecule has 4 aromatic rings. The molecular weight excluding hydrogens is 825 g/mol. The molecule has 2 aromatic heterocycles. The van der Waals surface area contributed by atoms with E-state index in [1.54, 1.807) is 30.6 Å². The molecule has 336 valence electrons. The second-order valence-corrected chi connectivity index (χ2v) is 22.3. The molecule has 1 N–H and O–H groups in total. The minimum atomic E-state index is -4.28. The van der Waals surface area contributed by atoms with E-state index < -0.39 is 37.6 Å². The van der Waals surface area contributed by atoms with Gasteiger partial charge < -0.3 is 14.6 Å². The molecule has 0 spiro atoms. The molecule has 2 aromatic carbocycles. The van der Waals surface area contributed by atoms with Crippen molar-refractivity contribution >= 4 is 38.0 Å². The number of ether oxygens (including phenoxy) is 1. The average molecular weight is 884 g/mol. The van der Waals surface area contributed by atoms with Gasteiger partial charge in [0.1, 0.15) is 22.9 Å². The minimum Gasteiger partial charge on any atom is -0.455 e. The van der Waals surface area contributed by atoms with E-state index in [0.29, 0.717) is 61.7 Å². The first-order chi connectivity index (χ1) is 29.9. The molecule has 11 nitrogen and oxygen atoms in total. The lowest BCUT2D eigenvalue weighted by Gasteiger charge is -2.74. The fourth-order valence-corrected chi connectivity index (χ4v) is 12.7. The first-order valence-electron chi connectivity index (χ1n) is 22.8. The van der Waals surface area contributed by atoms with Crippen LogP contribution in [0.25, 0.3) is 11.0 Å². The third-order valence-electron chi connectivity index (χ3n) is 15.3. The molecule has 5 aliphatic carbocycles. The van der Waals surface area contributed by atoms with E-state index in [1.807, 2.05) is 12.1 Å². The normalized spacial score (nSPS) is 24.2. The molecule has 6 aliphatic rings. The van der Waals surface area contributed by atoms with Crippen LogP contribution in [0.1, 0.15) is 114 Å². The van der Waals surface area contributed by atoms with Crippen LogP contribution in [-0.2, 0) is 16.3 Å². The van der Waals surface area contributed by atoms with Crippen LogP contribution in [0, 0.1) is 32.3 Å². The van der Waals surface area contributed by atoms with E-state index >= 15 is 0 Å². The Kier molecular flexibility index (Phi) is 11.3. The average Bonchev–Trinajstić information content (AvgIpc) is 3.68. The Labute approximate surface area is 368 Å². The van der Waals surface area contributed by atoms with E-state index in [9.17, 15) is 32.1 Å². The van der Waals surface area contributed by atoms with Crippen molar-refractivity contribution in [1.29, 1.82) is 0 Å². The lowest BCUT2D eigenvalue weighted by atomic mass is 9.30. The van der Waals surface area contributed by atoms with Gasteiger partial charge in [-0.15, -0.1) is 0 Å². The number of fused-ring (bicyclic) bond motifs is 1. The number of aryl methyl sites for hydroxylation is 1. The van der Waals surface area contributed by atoms with Crippen LogP contribution in [0.2, 0.25) is 0 Å². The zero-order valence-electron chi connectivity index (χ0n) is 36.7. The van der Waals surface area contributed by atoms with Crippen molar-refractivity contribution in [2.75, 3.05) is 43.4 Å². The predicted molar refractivity (Wildman–Crippen MR) is 240 cm³/mol. The molecule has 0 unspecified atom stereocenters. The number of carbonyl (C=O) groups is 1. The van der Waals surface area contributed by atoms with Crippen LogP contribution in [0.5, 0.6) is 11.5 Å². The SMILES string of the molecule is CC1(C)CCC(CN2CCN(c3ccc(C(=O)CS(=O)(=O)c4ccc(CCC5CCCCC5)c([N+](=O)[O-])c4)c(Oc4cnc5[nH]ccc5c4)c3)CC2)=C(C23CC(C(C)(F)F)(C2)C3)C1. The zero-order chi connectivity index (χ0) is 44.4. The number of aromatic amines is 1. The fraction of sp³-hybridized carbons (Fsp3) is 0.551. The first-order valence-corrected chi connectivity index (χ1v) is 24.4. The maximum Gasteiger partial charge on any atom is 0.273 e. The Hall–Kier alpha value is -4.69. The number of benzene rings is 2. The highest BCUT2D eigenvalue weighted by Gasteiger charge is 2.76. The summed E-state index contributed by atoms with van der Waals surface area (Å²) in [7, 11) is -4.28. The first kappa shape index (κ1) is 43.6. The number of allylic oxidation sites excluding steroid dienone is 1. The van der Waals surface area contributed by atoms with Crippen LogP contribution in [-0.4, -0.2) is 78.4 Å². The highest BCUT2D eigenvalue weighted by atomic mass is 32.2. The van der Waals surface area contributed by atoms with Gasteiger partial charge in [-0.25, -0.2) is 22.2 Å². The summed E-state index contributed by atoms with van der Waals surface area (Å²) in [6, 6.07) is 12.8. The third-order valence-corrected chi connectivity index (χ3v) is 16.9. The number of nitro benzene ring substituents is 1. The van der Waals surface area contributed by atoms with Crippen molar-refractivity contribution in [3.63, 3.8) is 0 Å². The maximum atomic E-state index is 14.5. The molecule has 2 bridgehead atoms. The number of piperazine rings is 1. The number of H-pyrrole nitrogens is 1. The number of rotatable bonds is 15. The molecular formula is C49H59F2N5O6S. The van der Waals surface area contributed by atoms with E-state index in [2.05, 4.69) is 33.6 Å². The summed E-state index contributed by atoms with van der Waals surface area (Å²) in [6.07, 6.45) is 15.3. The number of nitrogens with zero attached hydrogens (tertiary/aromatic N) is 4. The number of hydrogen-bond donors (Lipinski definition) is 1. The summed E-state index contributed by atoms with van der Waals surface area (Å²) in [6.45, 7) is 9.53. The Morgan fingerprint density at radius 2 is 1.76 bits per heavy atom. The predicted octanol–water partition coefficient (Wildman–Crippen LogP) is 10.9. The topological polar surface area (TPSA) is 139 Å². The Balaban J connectivity index is 0.917. The highest BCUT2D eigenvalue weighted by molar-refractivity contribution is 7.92. The standard InChI is InChI=1S/C49H59F2N5O6S/c1-46(2)17-15-36(41(26-46)48-30-49(31-48,32-48)47(3,50)51)28-54-19-21-55(22-20-54)37-12-14-40(44(24-37)62-38-23-35-16-18-52-45(35)53-27-38)43(57)29-63(60,61)39-13-11-34(42(25-39)56(58)59)10-9-33-7-5-4-6-8-33/h11-14,16,18,23-25,27,33H,4-10,15,17,19-22,26,28-32H2,1-3H3,(H,52,53). The quantitative estimate of drug-likeness (QED) is 0.0535. The van der Waals surface area contributed by atoms with Crippen molar-refractivity contribution in [3.8, 4) is 11.5 Å². The molecule has 5 fully saturated rings. The van der Waals surface area contributed by atoms with Crippen LogP contribution in [0.3, 0.4) is 0 Å². The second-order valence-electron chi connectivity index (χ2n) is 20.3. The number of Topliss-reactive ketones (excluding diaryl/α,β-unsaturated/α-hetero) is 1. The lowest BCUT2D eigenvalue weighted by molar-refractivity contribution is -0.385. The number of anilines is 1. The minimum absolute atomic E-state index is 0.0548. The summed E-state index contributed by atoms with van der Waals surface area (Å²) in [4.78, 5) is 37.6. The van der Waals surface area contributed by atoms with E-state index in [0.717, 1.165) is 82.2 Å². The summed E-state index contributed by atoms with van der Waals surface area (Å²) in [5.74, 6) is -3.16. The number of pyridine rings is 1. The van der Waals surface area contributed by atoms with Gasteiger partial charge in [-0.3, -0.25) is 19.8 Å². The van der Waals surface area contributed by atoms with E-state index in [1.165, 1.54) is 42.5 Å². The Bertz CT molecular complexity index is 2550. The smallest absolute Gasteiger partial charge is 0.273 e. The molecule has 10 rings (SSSR count). The fourth-order valence-electron chi connectivity index (χ4n) is 11.5. The van der Waals surface area contributed by atoms with Gasteiger partial charge in [0, 0.05) is 73.1 Å². The van der Waals surface area contributed by atoms with Crippen LogP contribution in [0.4, 0.5) is 20.2 Å². The molecule has 3 heterocycles. The Morgan fingerprint density at radius 1 is 1.02 bits per heavy atom. The maximum absolute atomic E-state index is 14.5. The largest absolute Gasteiger partial charge is 0.455 e. The molecule has 0 amide bonds. The van der Waals surface area contributed by atoms with Gasteiger partial charge in [0.25, 0.3) is 11.6 Å². The number of nitrogens with one attached hydrogen (secondary N) is 1. The number of alkyl halides is 2. The van der Waals surface area contributed by atoms with Gasteiger partial charge in [-0.1, -0.05) is 63.2 Å². The van der Waals surface area contributed by atoms with Gasteiger partial charge in [0.2, 0.25) is 0 Å². The van der Waals surface area contributed by atoms with Crippen molar-refractivity contribution < 1.29 is 31.7 Å². The van der Waals surface area contributed by atoms with Crippen LogP contribution < -0.4 is 9.64 Å². The van der Waals surface area contributed by atoms with E-state index in [4.69, 9.17) is 4.74 Å². The molecule has 1 saturated heterocycles. The number of aromatic nitrogens is 2. The van der Waals surface area contributed by atoms with Gasteiger partial charge in [0.15, 0.2) is 15.6 Å². The molecule has 63 heavy (non-hydrogen) atoms. The van der Waals surface area contributed by atoms with Gasteiger partial charge in [-0.2, -0.15) is 0 Å². The number of nitro groups is 1. The molecule has 1 aliphatic heterocycles. The van der Waals surface area contributed by atoms with Crippen LogP contribution in [0.15, 0.2) is 77.0 Å². The summed E-state index contributed by atoms with van der Waals surface area (Å²) in [5.41, 5.74) is 4.00. The molecule has 0 radical (unpaired) electrons.